The number of amides is 1. The van der Waals surface area contributed by atoms with Gasteiger partial charge < -0.3 is 5.32 Å². The molecule has 3 aromatic heterocycles. The maximum Gasteiger partial charge on any atom is 0.270 e. The molecule has 0 radical (unpaired) electrons. The number of para-hydroxylation sites is 1. The summed E-state index contributed by atoms with van der Waals surface area (Å²) in [6.45, 7) is 9.97. The van der Waals surface area contributed by atoms with Crippen molar-refractivity contribution in [3.8, 4) is 0 Å². The first-order valence-electron chi connectivity index (χ1n) is 9.13. The highest BCUT2D eigenvalue weighted by molar-refractivity contribution is 7.18. The zero-order chi connectivity index (χ0) is 20.1. The van der Waals surface area contributed by atoms with E-state index in [4.69, 9.17) is 0 Å². The third kappa shape index (κ3) is 3.35. The second-order valence-electron chi connectivity index (χ2n) is 7.86. The molecule has 0 saturated heterocycles. The molecular formula is C20H22N6OS. The van der Waals surface area contributed by atoms with Crippen molar-refractivity contribution in [1.29, 1.82) is 0 Å². The van der Waals surface area contributed by atoms with Crippen molar-refractivity contribution in [3.05, 3.63) is 52.6 Å². The Morgan fingerprint density at radius 2 is 1.93 bits per heavy atom. The molecule has 0 aliphatic rings. The molecule has 7 nitrogen and oxygen atoms in total. The molecule has 0 spiro atoms. The van der Waals surface area contributed by atoms with Gasteiger partial charge in [-0.2, -0.15) is 10.1 Å². The number of hydrogen-bond donors (Lipinski definition) is 1. The number of carbonyl (C=O) groups is 1. The van der Waals surface area contributed by atoms with Gasteiger partial charge in [0, 0.05) is 5.41 Å². The molecule has 4 aromatic rings. The van der Waals surface area contributed by atoms with E-state index in [1.54, 1.807) is 21.9 Å². The lowest BCUT2D eigenvalue weighted by Gasteiger charge is -2.20. The van der Waals surface area contributed by atoms with Crippen LogP contribution in [0.2, 0.25) is 0 Å². The van der Waals surface area contributed by atoms with Gasteiger partial charge in [-0.1, -0.05) is 32.9 Å². The highest BCUT2D eigenvalue weighted by Gasteiger charge is 2.24. The Bertz CT molecular complexity index is 1150. The monoisotopic (exact) mass is 394 g/mol. The van der Waals surface area contributed by atoms with Gasteiger partial charge in [-0.3, -0.25) is 4.79 Å². The van der Waals surface area contributed by atoms with Crippen molar-refractivity contribution in [2.24, 2.45) is 0 Å². The number of benzene rings is 1. The van der Waals surface area contributed by atoms with Crippen LogP contribution in [0.25, 0.3) is 16.0 Å². The predicted octanol–water partition coefficient (Wildman–Crippen LogP) is 3.83. The average Bonchev–Trinajstić information content (AvgIpc) is 3.21. The number of fused-ring (bicyclic) bond motifs is 2. The molecule has 1 atom stereocenters. The van der Waals surface area contributed by atoms with Crippen molar-refractivity contribution < 1.29 is 4.79 Å². The van der Waals surface area contributed by atoms with E-state index in [2.05, 4.69) is 46.1 Å². The minimum atomic E-state index is -0.250. The van der Waals surface area contributed by atoms with Crippen LogP contribution in [0.15, 0.2) is 30.3 Å². The summed E-state index contributed by atoms with van der Waals surface area (Å²) in [5, 5.41) is 8.29. The topological polar surface area (TPSA) is 85.1 Å². The highest BCUT2D eigenvalue weighted by Crippen LogP contribution is 2.27. The number of thiazole rings is 1. The fraction of sp³-hybridized carbons (Fsp3) is 0.350. The Hall–Kier alpha value is -2.87. The number of aryl methyl sites for hydroxylation is 1. The molecule has 0 saturated carbocycles. The van der Waals surface area contributed by atoms with Gasteiger partial charge in [0.15, 0.2) is 0 Å². The standard InChI is InChI=1S/C20H22N6OS/c1-11(18-23-13-8-6-7-9-15(13)28-18)21-17(27)14-10-16(20(3,4)5)26-19(24-14)22-12(2)25-26/h6-11H,1-5H3,(H,21,27). The lowest BCUT2D eigenvalue weighted by atomic mass is 9.91. The summed E-state index contributed by atoms with van der Waals surface area (Å²) in [6, 6.07) is 9.53. The number of nitrogens with one attached hydrogen (secondary N) is 1. The average molecular weight is 395 g/mol. The van der Waals surface area contributed by atoms with Gasteiger partial charge in [-0.25, -0.2) is 14.5 Å². The normalized spacial score (nSPS) is 13.2. The lowest BCUT2D eigenvalue weighted by molar-refractivity contribution is 0.0934. The van der Waals surface area contributed by atoms with Crippen molar-refractivity contribution in [3.63, 3.8) is 0 Å². The number of carbonyl (C=O) groups excluding carboxylic acids is 1. The molecule has 0 aliphatic carbocycles. The summed E-state index contributed by atoms with van der Waals surface area (Å²) >= 11 is 1.58. The van der Waals surface area contributed by atoms with Crippen molar-refractivity contribution in [2.75, 3.05) is 0 Å². The van der Waals surface area contributed by atoms with E-state index in [1.807, 2.05) is 38.1 Å². The van der Waals surface area contributed by atoms with Crippen LogP contribution in [-0.4, -0.2) is 30.5 Å². The van der Waals surface area contributed by atoms with Gasteiger partial charge in [-0.15, -0.1) is 11.3 Å². The molecule has 1 unspecified atom stereocenters. The smallest absolute Gasteiger partial charge is 0.270 e. The maximum absolute atomic E-state index is 12.9. The minimum absolute atomic E-state index is 0.213. The van der Waals surface area contributed by atoms with E-state index in [9.17, 15) is 4.79 Å². The van der Waals surface area contributed by atoms with Gasteiger partial charge in [0.1, 0.15) is 16.5 Å². The number of aromatic nitrogens is 5. The Morgan fingerprint density at radius 1 is 1.18 bits per heavy atom. The molecule has 3 heterocycles. The molecule has 28 heavy (non-hydrogen) atoms. The number of hydrogen-bond acceptors (Lipinski definition) is 6. The van der Waals surface area contributed by atoms with Crippen molar-refractivity contribution >= 4 is 33.2 Å². The summed E-state index contributed by atoms with van der Waals surface area (Å²) in [5.41, 5.74) is 1.94. The summed E-state index contributed by atoms with van der Waals surface area (Å²) in [7, 11) is 0. The van der Waals surface area contributed by atoms with E-state index in [0.29, 0.717) is 17.3 Å². The van der Waals surface area contributed by atoms with Gasteiger partial charge in [0.2, 0.25) is 0 Å². The first kappa shape index (κ1) is 18.5. The summed E-state index contributed by atoms with van der Waals surface area (Å²) < 4.78 is 2.82. The molecule has 0 fully saturated rings. The van der Waals surface area contributed by atoms with E-state index in [0.717, 1.165) is 20.9 Å². The van der Waals surface area contributed by atoms with Crippen LogP contribution in [0.5, 0.6) is 0 Å². The zero-order valence-electron chi connectivity index (χ0n) is 16.5. The fourth-order valence-corrected chi connectivity index (χ4v) is 4.00. The zero-order valence-corrected chi connectivity index (χ0v) is 17.3. The molecule has 0 bridgehead atoms. The Kier molecular flexibility index (Phi) is 4.38. The van der Waals surface area contributed by atoms with Crippen LogP contribution in [0.3, 0.4) is 0 Å². The third-order valence-corrected chi connectivity index (χ3v) is 5.67. The maximum atomic E-state index is 12.9. The molecule has 0 aliphatic heterocycles. The van der Waals surface area contributed by atoms with Gasteiger partial charge in [0.25, 0.3) is 11.7 Å². The Labute approximate surface area is 166 Å². The highest BCUT2D eigenvalue weighted by atomic mass is 32.1. The molecule has 8 heteroatoms. The van der Waals surface area contributed by atoms with E-state index < -0.39 is 0 Å². The van der Waals surface area contributed by atoms with Crippen LogP contribution in [-0.2, 0) is 5.41 Å². The van der Waals surface area contributed by atoms with Crippen LogP contribution < -0.4 is 5.32 Å². The summed E-state index contributed by atoms with van der Waals surface area (Å²) in [5.74, 6) is 0.807. The van der Waals surface area contributed by atoms with Crippen LogP contribution >= 0.6 is 11.3 Å². The van der Waals surface area contributed by atoms with Crippen LogP contribution in [0.4, 0.5) is 0 Å². The molecular weight excluding hydrogens is 372 g/mol. The van der Waals surface area contributed by atoms with Crippen LogP contribution in [0, 0.1) is 6.92 Å². The quantitative estimate of drug-likeness (QED) is 0.571. The van der Waals surface area contributed by atoms with Gasteiger partial charge >= 0.3 is 0 Å². The second kappa shape index (κ2) is 6.63. The Morgan fingerprint density at radius 3 is 2.64 bits per heavy atom. The lowest BCUT2D eigenvalue weighted by Crippen LogP contribution is -2.29. The molecule has 4 rings (SSSR count). The Balaban J connectivity index is 1.66. The summed E-state index contributed by atoms with van der Waals surface area (Å²) in [6.07, 6.45) is 0. The van der Waals surface area contributed by atoms with E-state index >= 15 is 0 Å². The first-order chi connectivity index (χ1) is 13.2. The fourth-order valence-electron chi connectivity index (χ4n) is 3.03. The first-order valence-corrected chi connectivity index (χ1v) is 9.95. The molecule has 1 aromatic carbocycles. The van der Waals surface area contributed by atoms with Gasteiger partial charge in [-0.05, 0) is 32.0 Å². The third-order valence-electron chi connectivity index (χ3n) is 4.45. The number of rotatable bonds is 3. The molecule has 1 N–H and O–H groups in total. The van der Waals surface area contributed by atoms with Crippen molar-refractivity contribution in [2.45, 2.75) is 46.1 Å². The largest absolute Gasteiger partial charge is 0.342 e. The van der Waals surface area contributed by atoms with Gasteiger partial charge in [0.05, 0.1) is 22.0 Å². The number of nitrogens with zero attached hydrogens (tertiary/aromatic N) is 5. The van der Waals surface area contributed by atoms with E-state index in [1.165, 1.54) is 0 Å². The molecule has 144 valence electrons. The summed E-state index contributed by atoms with van der Waals surface area (Å²) in [4.78, 5) is 26.3. The SMILES string of the molecule is Cc1nc2nc(C(=O)NC(C)c3nc4ccccc4s3)cc(C(C)(C)C)n2n1. The minimum Gasteiger partial charge on any atom is -0.342 e. The van der Waals surface area contributed by atoms with Crippen LogP contribution in [0.1, 0.15) is 60.8 Å². The predicted molar refractivity (Wildman–Crippen MR) is 110 cm³/mol. The second-order valence-corrected chi connectivity index (χ2v) is 8.92. The van der Waals surface area contributed by atoms with E-state index in [-0.39, 0.29) is 17.4 Å². The van der Waals surface area contributed by atoms with Crippen molar-refractivity contribution in [1.82, 2.24) is 29.9 Å². The molecule has 1 amide bonds.